The van der Waals surface area contributed by atoms with Crippen molar-refractivity contribution in [1.82, 2.24) is 5.32 Å². The van der Waals surface area contributed by atoms with Gasteiger partial charge in [-0.3, -0.25) is 4.79 Å². The molecule has 2 atom stereocenters. The maximum Gasteiger partial charge on any atom is 0.417 e. The number of nitrogens with one attached hydrogen (secondary N) is 1. The highest BCUT2D eigenvalue weighted by molar-refractivity contribution is 9.10. The Kier molecular flexibility index (Phi) is 10.7. The number of halogens is 12. The van der Waals surface area contributed by atoms with Crippen LogP contribution in [0.15, 0.2) is 40.9 Å². The van der Waals surface area contributed by atoms with Crippen molar-refractivity contribution < 1.29 is 52.7 Å². The zero-order valence-corrected chi connectivity index (χ0v) is 23.7. The first-order valence-electron chi connectivity index (χ1n) is 10.7. The molecule has 2 rings (SSSR count). The van der Waals surface area contributed by atoms with Crippen LogP contribution < -0.4 is 5.32 Å². The van der Waals surface area contributed by atoms with E-state index in [1.165, 1.54) is 0 Å². The van der Waals surface area contributed by atoms with Crippen LogP contribution in [0.3, 0.4) is 0 Å². The number of rotatable bonds is 8. The van der Waals surface area contributed by atoms with Gasteiger partial charge in [-0.15, -0.1) is 0 Å². The Bertz CT molecular complexity index is 1370. The van der Waals surface area contributed by atoms with Gasteiger partial charge < -0.3 is 5.32 Å². The van der Waals surface area contributed by atoms with Crippen LogP contribution in [0, 0.1) is 0 Å². The molecule has 0 fully saturated rings. The van der Waals surface area contributed by atoms with Gasteiger partial charge in [-0.05, 0) is 58.2 Å². The van der Waals surface area contributed by atoms with Crippen molar-refractivity contribution in [1.29, 1.82) is 0 Å². The van der Waals surface area contributed by atoms with Crippen molar-refractivity contribution in [3.05, 3.63) is 73.2 Å². The molecule has 2 aromatic rings. The van der Waals surface area contributed by atoms with E-state index in [0.29, 0.717) is 18.2 Å². The van der Waals surface area contributed by atoms with Gasteiger partial charge in [-0.1, -0.05) is 41.4 Å². The highest BCUT2D eigenvalue weighted by Crippen LogP contribution is 2.41. The van der Waals surface area contributed by atoms with E-state index in [1.807, 2.05) is 5.32 Å². The fraction of sp³-hybridized carbons (Fsp3) is 0.348. The number of hydrogen-bond acceptors (Lipinski definition) is 3. The summed E-state index contributed by atoms with van der Waals surface area (Å²) in [5.41, 5.74) is -3.34. The molecule has 4 nitrogen and oxygen atoms in total. The molecule has 0 aliphatic carbocycles. The normalized spacial score (nSPS) is 14.8. The van der Waals surface area contributed by atoms with Crippen LogP contribution in [-0.2, 0) is 16.0 Å². The van der Waals surface area contributed by atoms with E-state index < -0.39 is 68.9 Å². The van der Waals surface area contributed by atoms with Gasteiger partial charge in [0.2, 0.25) is 0 Å². The molecule has 0 aromatic heterocycles. The Labute approximate surface area is 240 Å². The standard InChI is InChI=1S/C23H17BrCl2F9NO3S/c1-11(9-40(38,39)10-21(27,28)29)36-20(37)14-4-2-12(6-16(14)23(33,34)35)3-5-15(22(30,31)32)13-7-17(24)19(26)18(25)8-13/h2-8,11,15H,9-10H2,1H3,(H,36,37)/b5-3+. The largest absolute Gasteiger partial charge is 0.417 e. The maximum absolute atomic E-state index is 13.8. The van der Waals surface area contributed by atoms with Crippen molar-refractivity contribution in [3.8, 4) is 0 Å². The second-order valence-electron chi connectivity index (χ2n) is 8.52. The second kappa shape index (κ2) is 12.5. The van der Waals surface area contributed by atoms with Gasteiger partial charge in [0.1, 0.15) is 5.75 Å². The Morgan fingerprint density at radius 3 is 2.12 bits per heavy atom. The predicted molar refractivity (Wildman–Crippen MR) is 135 cm³/mol. The van der Waals surface area contributed by atoms with Crippen LogP contribution in [0.1, 0.15) is 39.9 Å². The molecule has 0 aliphatic rings. The van der Waals surface area contributed by atoms with Gasteiger partial charge >= 0.3 is 18.5 Å². The van der Waals surface area contributed by atoms with Gasteiger partial charge in [-0.25, -0.2) is 8.42 Å². The number of sulfone groups is 1. The third kappa shape index (κ3) is 9.84. The number of allylic oxidation sites excluding steroid dienone is 1. The van der Waals surface area contributed by atoms with E-state index in [1.54, 1.807) is 0 Å². The van der Waals surface area contributed by atoms with Crippen molar-refractivity contribution in [2.24, 2.45) is 0 Å². The molecule has 0 saturated carbocycles. The van der Waals surface area contributed by atoms with Crippen molar-refractivity contribution in [3.63, 3.8) is 0 Å². The van der Waals surface area contributed by atoms with Crippen molar-refractivity contribution in [2.45, 2.75) is 37.4 Å². The third-order valence-corrected chi connectivity index (χ3v) is 8.49. The molecule has 0 spiro atoms. The summed E-state index contributed by atoms with van der Waals surface area (Å²) in [6.45, 7) is 0.981. The van der Waals surface area contributed by atoms with Crippen molar-refractivity contribution in [2.75, 3.05) is 11.5 Å². The zero-order chi connectivity index (χ0) is 30.8. The van der Waals surface area contributed by atoms with Gasteiger partial charge in [0, 0.05) is 10.5 Å². The average Bonchev–Trinajstić information content (AvgIpc) is 2.73. The minimum atomic E-state index is -5.18. The smallest absolute Gasteiger partial charge is 0.349 e. The molecule has 40 heavy (non-hydrogen) atoms. The molecule has 0 radical (unpaired) electrons. The lowest BCUT2D eigenvalue weighted by Crippen LogP contribution is -2.40. The van der Waals surface area contributed by atoms with E-state index >= 15 is 0 Å². The number of carbonyl (C=O) groups excluding carboxylic acids is 1. The van der Waals surface area contributed by atoms with Crippen LogP contribution in [0.2, 0.25) is 10.0 Å². The maximum atomic E-state index is 13.8. The van der Waals surface area contributed by atoms with Crippen LogP contribution in [0.5, 0.6) is 0 Å². The minimum Gasteiger partial charge on any atom is -0.349 e. The summed E-state index contributed by atoms with van der Waals surface area (Å²) in [7, 11) is -4.75. The van der Waals surface area contributed by atoms with Crippen molar-refractivity contribution >= 4 is 61.0 Å². The summed E-state index contributed by atoms with van der Waals surface area (Å²) in [4.78, 5) is 12.5. The predicted octanol–water partition coefficient (Wildman–Crippen LogP) is 8.23. The highest BCUT2D eigenvalue weighted by atomic mass is 79.9. The Balaban J connectivity index is 2.39. The molecule has 1 amide bonds. The first kappa shape index (κ1) is 34.2. The SMILES string of the molecule is CC(CS(=O)(=O)CC(F)(F)F)NC(=O)c1ccc(/C=C/C(c2cc(Cl)c(Cl)c(Br)c2)C(F)(F)F)cc1C(F)(F)F. The molecule has 17 heteroatoms. The quantitative estimate of drug-likeness (QED) is 0.222. The molecule has 0 saturated heterocycles. The monoisotopic (exact) mass is 707 g/mol. The minimum absolute atomic E-state index is 0.0497. The Hall–Kier alpha value is -1.97. The summed E-state index contributed by atoms with van der Waals surface area (Å²) in [5, 5.41) is 1.64. The van der Waals surface area contributed by atoms with Gasteiger partial charge in [0.05, 0.1) is 32.8 Å². The van der Waals surface area contributed by atoms with Crippen LogP contribution >= 0.6 is 39.1 Å². The first-order valence-corrected chi connectivity index (χ1v) is 14.1. The summed E-state index contributed by atoms with van der Waals surface area (Å²) in [5.74, 6) is -7.15. The highest BCUT2D eigenvalue weighted by Gasteiger charge is 2.40. The van der Waals surface area contributed by atoms with Gasteiger partial charge in [-0.2, -0.15) is 39.5 Å². The van der Waals surface area contributed by atoms with E-state index in [-0.39, 0.29) is 25.6 Å². The van der Waals surface area contributed by atoms with E-state index in [2.05, 4.69) is 15.9 Å². The molecular formula is C23H17BrCl2F9NO3S. The molecule has 2 unspecified atom stereocenters. The number of benzene rings is 2. The van der Waals surface area contributed by atoms with Crippen LogP contribution in [0.25, 0.3) is 6.08 Å². The van der Waals surface area contributed by atoms with E-state index in [0.717, 1.165) is 31.2 Å². The Morgan fingerprint density at radius 2 is 1.62 bits per heavy atom. The molecule has 222 valence electrons. The molecule has 0 aliphatic heterocycles. The second-order valence-corrected chi connectivity index (χ2v) is 12.3. The fourth-order valence-electron chi connectivity index (χ4n) is 3.50. The topological polar surface area (TPSA) is 63.2 Å². The third-order valence-electron chi connectivity index (χ3n) is 5.06. The number of hydrogen-bond donors (Lipinski definition) is 1. The van der Waals surface area contributed by atoms with Gasteiger partial charge in [0.15, 0.2) is 9.84 Å². The molecule has 2 aromatic carbocycles. The molecule has 0 bridgehead atoms. The van der Waals surface area contributed by atoms with Crippen LogP contribution in [-0.4, -0.2) is 44.2 Å². The number of alkyl halides is 9. The summed E-state index contributed by atoms with van der Waals surface area (Å²) < 4.78 is 143. The van der Waals surface area contributed by atoms with E-state index in [4.69, 9.17) is 23.2 Å². The summed E-state index contributed by atoms with van der Waals surface area (Å²) >= 11 is 14.7. The Morgan fingerprint density at radius 1 is 1.02 bits per heavy atom. The lowest BCUT2D eigenvalue weighted by Gasteiger charge is -2.19. The number of carbonyl (C=O) groups is 1. The van der Waals surface area contributed by atoms with Gasteiger partial charge in [0.25, 0.3) is 5.91 Å². The zero-order valence-electron chi connectivity index (χ0n) is 19.8. The van der Waals surface area contributed by atoms with E-state index in [9.17, 15) is 52.7 Å². The summed E-state index contributed by atoms with van der Waals surface area (Å²) in [6, 6.07) is 2.44. The number of amides is 1. The lowest BCUT2D eigenvalue weighted by atomic mass is 9.96. The average molecular weight is 709 g/mol. The molecular weight excluding hydrogens is 692 g/mol. The van der Waals surface area contributed by atoms with Crippen LogP contribution in [0.4, 0.5) is 39.5 Å². The molecule has 1 N–H and O–H groups in total. The first-order chi connectivity index (χ1) is 18.0. The lowest BCUT2D eigenvalue weighted by molar-refractivity contribution is -0.139. The fourth-order valence-corrected chi connectivity index (χ4v) is 5.89. The summed E-state index contributed by atoms with van der Waals surface area (Å²) in [6.07, 6.45) is -13.8. The molecule has 0 heterocycles.